The van der Waals surface area contributed by atoms with Gasteiger partial charge < -0.3 is 14.2 Å². The molecule has 0 atom stereocenters. The molecule has 2 aromatic rings. The summed E-state index contributed by atoms with van der Waals surface area (Å²) >= 11 is 2.17. The maximum absolute atomic E-state index is 12.2. The number of nitrogens with one attached hydrogen (secondary N) is 1. The van der Waals surface area contributed by atoms with Crippen LogP contribution in [0.4, 0.5) is 0 Å². The molecule has 0 aliphatic heterocycles. The van der Waals surface area contributed by atoms with Gasteiger partial charge in [0.05, 0.1) is 23.0 Å². The summed E-state index contributed by atoms with van der Waals surface area (Å²) in [5.41, 5.74) is 3.80. The highest BCUT2D eigenvalue weighted by molar-refractivity contribution is 14.1. The molecule has 0 radical (unpaired) electrons. The Hall–Kier alpha value is -2.55. The van der Waals surface area contributed by atoms with Gasteiger partial charge in [0, 0.05) is 5.56 Å². The molecule has 2 rings (SSSR count). The molecule has 0 fully saturated rings. The second-order valence-electron chi connectivity index (χ2n) is 5.52. The SMILES string of the molecule is C=CCOc1c(I)cc(/C=N/NC(=O)c2ccc(OCC)cc2)cc1OCC. The smallest absolute Gasteiger partial charge is 0.271 e. The molecule has 148 valence electrons. The largest absolute Gasteiger partial charge is 0.494 e. The summed E-state index contributed by atoms with van der Waals surface area (Å²) in [6, 6.07) is 10.6. The summed E-state index contributed by atoms with van der Waals surface area (Å²) in [6.45, 7) is 8.95. The number of hydrazone groups is 1. The number of carbonyl (C=O) groups is 1. The number of hydrogen-bond acceptors (Lipinski definition) is 5. The molecule has 0 aliphatic rings. The van der Waals surface area contributed by atoms with E-state index in [4.69, 9.17) is 14.2 Å². The molecule has 1 N–H and O–H groups in total. The van der Waals surface area contributed by atoms with Crippen LogP contribution in [0.2, 0.25) is 0 Å². The van der Waals surface area contributed by atoms with Crippen molar-refractivity contribution in [2.24, 2.45) is 5.10 Å². The first-order valence-corrected chi connectivity index (χ1v) is 9.93. The van der Waals surface area contributed by atoms with Crippen LogP contribution in [0.3, 0.4) is 0 Å². The number of nitrogens with zero attached hydrogens (tertiary/aromatic N) is 1. The first kappa shape index (κ1) is 21.7. The zero-order valence-corrected chi connectivity index (χ0v) is 18.1. The molecule has 0 bridgehead atoms. The van der Waals surface area contributed by atoms with Gasteiger partial charge in [0.2, 0.25) is 0 Å². The topological polar surface area (TPSA) is 69.2 Å². The van der Waals surface area contributed by atoms with E-state index in [0.717, 1.165) is 14.9 Å². The predicted octanol–water partition coefficient (Wildman–Crippen LogP) is 4.42. The van der Waals surface area contributed by atoms with Crippen molar-refractivity contribution in [2.45, 2.75) is 13.8 Å². The lowest BCUT2D eigenvalue weighted by molar-refractivity contribution is 0.0955. The molecule has 28 heavy (non-hydrogen) atoms. The molecule has 6 nitrogen and oxygen atoms in total. The summed E-state index contributed by atoms with van der Waals surface area (Å²) in [5.74, 6) is 1.71. The van der Waals surface area contributed by atoms with Crippen LogP contribution in [-0.2, 0) is 0 Å². The van der Waals surface area contributed by atoms with Crippen LogP contribution in [0.15, 0.2) is 54.2 Å². The van der Waals surface area contributed by atoms with E-state index in [1.165, 1.54) is 0 Å². The standard InChI is InChI=1S/C21H23IN2O4/c1-4-11-28-20-18(22)12-15(13-19(20)27-6-3)14-23-24-21(25)16-7-9-17(10-8-16)26-5-2/h4,7-10,12-14H,1,5-6,11H2,2-3H3,(H,24,25)/b23-14+. The van der Waals surface area contributed by atoms with Crippen LogP contribution >= 0.6 is 22.6 Å². The van der Waals surface area contributed by atoms with E-state index in [2.05, 4.69) is 39.7 Å². The Morgan fingerprint density at radius 2 is 1.86 bits per heavy atom. The zero-order chi connectivity index (χ0) is 20.4. The van der Waals surface area contributed by atoms with Crippen molar-refractivity contribution in [3.8, 4) is 17.2 Å². The molecule has 0 saturated heterocycles. The Bertz CT molecular complexity index is 835. The fourth-order valence-corrected chi connectivity index (χ4v) is 3.09. The molecule has 0 spiro atoms. The highest BCUT2D eigenvalue weighted by Gasteiger charge is 2.11. The van der Waals surface area contributed by atoms with Crippen molar-refractivity contribution < 1.29 is 19.0 Å². The molecular weight excluding hydrogens is 471 g/mol. The molecule has 0 unspecified atom stereocenters. The van der Waals surface area contributed by atoms with E-state index in [1.54, 1.807) is 36.6 Å². The molecule has 2 aromatic carbocycles. The average Bonchev–Trinajstić information content (AvgIpc) is 2.68. The molecular formula is C21H23IN2O4. The Morgan fingerprint density at radius 1 is 1.14 bits per heavy atom. The highest BCUT2D eigenvalue weighted by Crippen LogP contribution is 2.33. The van der Waals surface area contributed by atoms with Crippen molar-refractivity contribution in [3.63, 3.8) is 0 Å². The molecule has 0 aliphatic carbocycles. The third-order valence-corrected chi connectivity index (χ3v) is 4.29. The second kappa shape index (κ2) is 11.3. The van der Waals surface area contributed by atoms with E-state index >= 15 is 0 Å². The normalized spacial score (nSPS) is 10.5. The van der Waals surface area contributed by atoms with Crippen molar-refractivity contribution in [2.75, 3.05) is 19.8 Å². The summed E-state index contributed by atoms with van der Waals surface area (Å²) in [5, 5.41) is 4.04. The minimum absolute atomic E-state index is 0.301. The van der Waals surface area contributed by atoms with Gasteiger partial charge in [-0.1, -0.05) is 12.7 Å². The van der Waals surface area contributed by atoms with Crippen LogP contribution < -0.4 is 19.6 Å². The van der Waals surface area contributed by atoms with Crippen LogP contribution in [0.5, 0.6) is 17.2 Å². The van der Waals surface area contributed by atoms with Gasteiger partial charge in [-0.2, -0.15) is 5.10 Å². The van der Waals surface area contributed by atoms with Gasteiger partial charge in [0.25, 0.3) is 5.91 Å². The van der Waals surface area contributed by atoms with Crippen molar-refractivity contribution in [1.29, 1.82) is 0 Å². The van der Waals surface area contributed by atoms with Crippen molar-refractivity contribution in [3.05, 3.63) is 63.8 Å². The lowest BCUT2D eigenvalue weighted by Gasteiger charge is -2.13. The van der Waals surface area contributed by atoms with Crippen LogP contribution in [0.1, 0.15) is 29.8 Å². The maximum atomic E-state index is 12.2. The predicted molar refractivity (Wildman–Crippen MR) is 119 cm³/mol. The minimum atomic E-state index is -0.301. The zero-order valence-electron chi connectivity index (χ0n) is 15.9. The van der Waals surface area contributed by atoms with Crippen molar-refractivity contribution >= 4 is 34.7 Å². The molecule has 0 aromatic heterocycles. The Labute approximate surface area is 178 Å². The van der Waals surface area contributed by atoms with Gasteiger partial charge in [0.1, 0.15) is 12.4 Å². The van der Waals surface area contributed by atoms with Gasteiger partial charge >= 0.3 is 0 Å². The Balaban J connectivity index is 2.08. The maximum Gasteiger partial charge on any atom is 0.271 e. The summed E-state index contributed by atoms with van der Waals surface area (Å²) in [4.78, 5) is 12.2. The van der Waals surface area contributed by atoms with E-state index < -0.39 is 0 Å². The van der Waals surface area contributed by atoms with Gasteiger partial charge in [-0.3, -0.25) is 4.79 Å². The van der Waals surface area contributed by atoms with Crippen molar-refractivity contribution in [1.82, 2.24) is 5.43 Å². The lowest BCUT2D eigenvalue weighted by Crippen LogP contribution is -2.17. The minimum Gasteiger partial charge on any atom is -0.494 e. The third-order valence-electron chi connectivity index (χ3n) is 3.48. The van der Waals surface area contributed by atoms with Gasteiger partial charge in [-0.05, 0) is 78.4 Å². The summed E-state index contributed by atoms with van der Waals surface area (Å²) in [7, 11) is 0. The molecule has 1 amide bonds. The first-order chi connectivity index (χ1) is 13.6. The number of hydrogen-bond donors (Lipinski definition) is 1. The summed E-state index contributed by atoms with van der Waals surface area (Å²) in [6.07, 6.45) is 3.24. The quantitative estimate of drug-likeness (QED) is 0.230. The number of carbonyl (C=O) groups excluding carboxylic acids is 1. The number of amides is 1. The van der Waals surface area contributed by atoms with Gasteiger partial charge in [-0.15, -0.1) is 0 Å². The number of ether oxygens (including phenoxy) is 3. The van der Waals surface area contributed by atoms with Crippen LogP contribution in [-0.4, -0.2) is 31.9 Å². The molecule has 7 heteroatoms. The third kappa shape index (κ3) is 6.26. The first-order valence-electron chi connectivity index (χ1n) is 8.85. The van der Waals surface area contributed by atoms with E-state index in [-0.39, 0.29) is 5.91 Å². The van der Waals surface area contributed by atoms with E-state index in [1.807, 2.05) is 26.0 Å². The van der Waals surface area contributed by atoms with E-state index in [0.29, 0.717) is 36.9 Å². The highest BCUT2D eigenvalue weighted by atomic mass is 127. The Kier molecular flexibility index (Phi) is 8.80. The summed E-state index contributed by atoms with van der Waals surface area (Å²) < 4.78 is 17.6. The average molecular weight is 494 g/mol. The molecule has 0 heterocycles. The Morgan fingerprint density at radius 3 is 2.50 bits per heavy atom. The van der Waals surface area contributed by atoms with Crippen LogP contribution in [0.25, 0.3) is 0 Å². The number of rotatable bonds is 10. The second-order valence-corrected chi connectivity index (χ2v) is 6.68. The monoisotopic (exact) mass is 494 g/mol. The fraction of sp³-hybridized carbons (Fsp3) is 0.238. The molecule has 0 saturated carbocycles. The number of benzene rings is 2. The lowest BCUT2D eigenvalue weighted by atomic mass is 10.2. The van der Waals surface area contributed by atoms with E-state index in [9.17, 15) is 4.79 Å². The van der Waals surface area contributed by atoms with Crippen LogP contribution in [0, 0.1) is 3.57 Å². The van der Waals surface area contributed by atoms with Gasteiger partial charge in [-0.25, -0.2) is 5.43 Å². The fourth-order valence-electron chi connectivity index (χ4n) is 2.31. The van der Waals surface area contributed by atoms with Gasteiger partial charge in [0.15, 0.2) is 11.5 Å². The number of halogens is 1.